The number of anilines is 1. The fourth-order valence-electron chi connectivity index (χ4n) is 4.15. The Balaban J connectivity index is 1.49. The maximum absolute atomic E-state index is 13.5. The zero-order valence-corrected chi connectivity index (χ0v) is 27.5. The fourth-order valence-corrected chi connectivity index (χ4v) is 6.47. The van der Waals surface area contributed by atoms with Gasteiger partial charge in [0, 0.05) is 12.1 Å². The van der Waals surface area contributed by atoms with Gasteiger partial charge in [0.2, 0.25) is 13.0 Å². The Morgan fingerprint density at radius 1 is 1.26 bits per heavy atom. The number of fused-ring (bicyclic) bond motifs is 1. The monoisotopic (exact) mass is 710 g/mol. The van der Waals surface area contributed by atoms with Crippen LogP contribution in [0.15, 0.2) is 40.9 Å². The van der Waals surface area contributed by atoms with Gasteiger partial charge in [-0.15, -0.1) is 11.8 Å². The highest BCUT2D eigenvalue weighted by Crippen LogP contribution is 2.41. The predicted molar refractivity (Wildman–Crippen MR) is 167 cm³/mol. The molecule has 0 bridgehead atoms. The highest BCUT2D eigenvalue weighted by Gasteiger charge is 2.55. The molecule has 2 aliphatic rings. The second-order valence-corrected chi connectivity index (χ2v) is 13.2. The molecule has 4 rings (SSSR count). The SMILES string of the molecule is COC1=C(C(=O)OCc2ccc([N+](=O)[O-])cc2)N2C(=O)C(NC(=O)/C(=N\OCC(=O)OC(C)(C)C)c3nc(NC=O)sc3Cl)[C@H]2SC1. The molecule has 0 aliphatic carbocycles. The quantitative estimate of drug-likeness (QED) is 0.0763. The zero-order chi connectivity index (χ0) is 34.5. The summed E-state index contributed by atoms with van der Waals surface area (Å²) in [6, 6.07) is 4.24. The van der Waals surface area contributed by atoms with Crippen molar-refractivity contribution in [2.45, 2.75) is 44.4 Å². The second kappa shape index (κ2) is 14.8. The van der Waals surface area contributed by atoms with Crippen LogP contribution < -0.4 is 10.6 Å². The van der Waals surface area contributed by atoms with Gasteiger partial charge in [0.05, 0.1) is 17.8 Å². The summed E-state index contributed by atoms with van der Waals surface area (Å²) in [5.74, 6) is -2.97. The Morgan fingerprint density at radius 3 is 2.57 bits per heavy atom. The molecule has 1 unspecified atom stereocenters. The maximum Gasteiger partial charge on any atom is 0.358 e. The molecule has 0 radical (unpaired) electrons. The van der Waals surface area contributed by atoms with E-state index in [0.717, 1.165) is 16.2 Å². The number of nitrogens with one attached hydrogen (secondary N) is 2. The topological polar surface area (TPSA) is 218 Å². The van der Waals surface area contributed by atoms with Crippen molar-refractivity contribution in [3.8, 4) is 0 Å². The Hall–Kier alpha value is -4.75. The Kier molecular flexibility index (Phi) is 11.0. The molecule has 1 aromatic carbocycles. The van der Waals surface area contributed by atoms with Gasteiger partial charge in [-0.3, -0.25) is 29.4 Å². The first-order valence-electron chi connectivity index (χ1n) is 13.5. The lowest BCUT2D eigenvalue weighted by atomic mass is 10.0. The van der Waals surface area contributed by atoms with Crippen molar-refractivity contribution in [3.05, 3.63) is 61.4 Å². The minimum absolute atomic E-state index is 0.0375. The van der Waals surface area contributed by atoms with Gasteiger partial charge < -0.3 is 29.7 Å². The molecular formula is C27H27ClN6O11S2. The third-order valence-electron chi connectivity index (χ3n) is 6.14. The van der Waals surface area contributed by atoms with Crippen LogP contribution in [0.4, 0.5) is 10.8 Å². The lowest BCUT2D eigenvalue weighted by Gasteiger charge is -2.49. The van der Waals surface area contributed by atoms with Gasteiger partial charge in [-0.25, -0.2) is 14.6 Å². The number of nitrogens with zero attached hydrogens (tertiary/aromatic N) is 4. The summed E-state index contributed by atoms with van der Waals surface area (Å²) in [5.41, 5.74) is -1.32. The van der Waals surface area contributed by atoms with Crippen LogP contribution in [0, 0.1) is 10.1 Å². The molecule has 1 aromatic heterocycles. The van der Waals surface area contributed by atoms with Crippen molar-refractivity contribution < 1.29 is 47.9 Å². The van der Waals surface area contributed by atoms with Crippen molar-refractivity contribution in [3.63, 3.8) is 0 Å². The molecule has 250 valence electrons. The summed E-state index contributed by atoms with van der Waals surface area (Å²) in [6.45, 7) is 4.05. The number of hydrogen-bond acceptors (Lipinski definition) is 15. The van der Waals surface area contributed by atoms with E-state index in [9.17, 15) is 34.1 Å². The van der Waals surface area contributed by atoms with Gasteiger partial charge in [-0.2, -0.15) is 0 Å². The first-order valence-corrected chi connectivity index (χ1v) is 15.7. The summed E-state index contributed by atoms with van der Waals surface area (Å²) in [5, 5.41) is 18.8. The van der Waals surface area contributed by atoms with E-state index in [1.807, 2.05) is 0 Å². The third-order valence-corrected chi connectivity index (χ3v) is 8.58. The van der Waals surface area contributed by atoms with Crippen molar-refractivity contribution in [2.75, 3.05) is 24.8 Å². The Morgan fingerprint density at radius 2 is 1.96 bits per heavy atom. The van der Waals surface area contributed by atoms with Crippen molar-refractivity contribution >= 4 is 81.4 Å². The first-order chi connectivity index (χ1) is 22.2. The molecule has 17 nitrogen and oxygen atoms in total. The van der Waals surface area contributed by atoms with Crippen molar-refractivity contribution in [1.29, 1.82) is 0 Å². The number of thiazole rings is 1. The number of oxime groups is 1. The van der Waals surface area contributed by atoms with Crippen LogP contribution in [0.25, 0.3) is 0 Å². The van der Waals surface area contributed by atoms with Crippen LogP contribution >= 0.6 is 34.7 Å². The lowest BCUT2D eigenvalue weighted by Crippen LogP contribution is -2.71. The number of esters is 2. The standard InChI is InChI=1S/C27H27ClN6O11S2/c1-27(2,3)45-16(36)10-44-32-18(17-21(28)47-26(31-17)29-12-35)22(37)30-19-23(38)33-20(15(42-4)11-46-24(19)33)25(39)43-9-13-5-7-14(8-6-13)34(40)41/h5-8,12,19,24H,9-11H2,1-4H3,(H,30,37)(H,29,31,35)/b32-18-/t19?,24-/m1/s1. The summed E-state index contributed by atoms with van der Waals surface area (Å²) in [6.07, 6.45) is 0.354. The van der Waals surface area contributed by atoms with E-state index in [4.69, 9.17) is 30.6 Å². The molecule has 1 saturated heterocycles. The average molecular weight is 711 g/mol. The number of halogens is 1. The largest absolute Gasteiger partial charge is 0.498 e. The van der Waals surface area contributed by atoms with Crippen LogP contribution in [0.5, 0.6) is 0 Å². The van der Waals surface area contributed by atoms with Crippen LogP contribution in [-0.2, 0) is 49.6 Å². The van der Waals surface area contributed by atoms with Gasteiger partial charge in [-0.05, 0) is 38.5 Å². The van der Waals surface area contributed by atoms with E-state index in [-0.39, 0.29) is 44.7 Å². The summed E-state index contributed by atoms with van der Waals surface area (Å²) < 4.78 is 15.8. The van der Waals surface area contributed by atoms with Gasteiger partial charge in [0.1, 0.15) is 39.4 Å². The maximum atomic E-state index is 13.5. The number of thioether (sulfide) groups is 1. The fraction of sp³-hybridized carbons (Fsp3) is 0.370. The smallest absolute Gasteiger partial charge is 0.358 e. The zero-order valence-electron chi connectivity index (χ0n) is 25.1. The van der Waals surface area contributed by atoms with E-state index in [1.54, 1.807) is 20.8 Å². The lowest BCUT2D eigenvalue weighted by molar-refractivity contribution is -0.384. The van der Waals surface area contributed by atoms with Crippen molar-refractivity contribution in [1.82, 2.24) is 15.2 Å². The normalized spacial score (nSPS) is 17.6. The number of non-ortho nitro benzene ring substituents is 1. The number of aromatic nitrogens is 1. The number of carbonyl (C=O) groups is 5. The minimum atomic E-state index is -1.15. The predicted octanol–water partition coefficient (Wildman–Crippen LogP) is 2.34. The molecular weight excluding hydrogens is 684 g/mol. The molecule has 3 heterocycles. The Labute approximate surface area is 279 Å². The Bertz CT molecular complexity index is 1650. The van der Waals surface area contributed by atoms with Crippen molar-refractivity contribution in [2.24, 2.45) is 5.16 Å². The molecule has 3 amide bonds. The minimum Gasteiger partial charge on any atom is -0.498 e. The van der Waals surface area contributed by atoms with Gasteiger partial charge in [0.15, 0.2) is 16.5 Å². The molecule has 0 spiro atoms. The number of rotatable bonds is 13. The van der Waals surface area contributed by atoms with Crippen LogP contribution in [0.2, 0.25) is 4.34 Å². The highest BCUT2D eigenvalue weighted by molar-refractivity contribution is 8.00. The van der Waals surface area contributed by atoms with Gasteiger partial charge in [-0.1, -0.05) is 28.1 Å². The number of amides is 3. The molecule has 0 saturated carbocycles. The number of hydrogen-bond donors (Lipinski definition) is 2. The third kappa shape index (κ3) is 8.35. The number of carbonyl (C=O) groups excluding carboxylic acids is 5. The summed E-state index contributed by atoms with van der Waals surface area (Å²) in [7, 11) is 1.33. The van der Waals surface area contributed by atoms with Crippen LogP contribution in [-0.4, -0.2) is 87.2 Å². The first kappa shape index (κ1) is 35.1. The molecule has 2 atom stereocenters. The number of benzene rings is 1. The number of β-lactam (4-membered cyclic amide) rings is 1. The molecule has 20 heteroatoms. The molecule has 2 N–H and O–H groups in total. The summed E-state index contributed by atoms with van der Waals surface area (Å²) in [4.78, 5) is 83.6. The number of nitro groups is 1. The highest BCUT2D eigenvalue weighted by atomic mass is 35.5. The number of ether oxygens (including phenoxy) is 3. The van der Waals surface area contributed by atoms with E-state index in [1.165, 1.54) is 43.1 Å². The van der Waals surface area contributed by atoms with E-state index >= 15 is 0 Å². The van der Waals surface area contributed by atoms with E-state index in [0.29, 0.717) is 12.0 Å². The molecule has 1 fully saturated rings. The number of methoxy groups -OCH3 is 1. The number of nitro benzene ring substituents is 1. The van der Waals surface area contributed by atoms with E-state index < -0.39 is 58.0 Å². The van der Waals surface area contributed by atoms with Crippen LogP contribution in [0.1, 0.15) is 32.0 Å². The second-order valence-electron chi connectivity index (χ2n) is 10.5. The van der Waals surface area contributed by atoms with Gasteiger partial charge >= 0.3 is 11.9 Å². The summed E-state index contributed by atoms with van der Waals surface area (Å²) >= 11 is 8.29. The van der Waals surface area contributed by atoms with Crippen LogP contribution in [0.3, 0.4) is 0 Å². The molecule has 47 heavy (non-hydrogen) atoms. The average Bonchev–Trinajstić information content (AvgIpc) is 3.38. The van der Waals surface area contributed by atoms with E-state index in [2.05, 4.69) is 20.8 Å². The molecule has 2 aromatic rings. The van der Waals surface area contributed by atoms with Gasteiger partial charge in [0.25, 0.3) is 17.5 Å². The molecule has 2 aliphatic heterocycles.